The third-order valence-electron chi connectivity index (χ3n) is 4.80. The summed E-state index contributed by atoms with van der Waals surface area (Å²) in [6.45, 7) is 6.56. The number of carbonyl (C=O) groups is 1. The smallest absolute Gasteiger partial charge is 0.241 e. The molecular weight excluding hydrogens is 551 g/mol. The summed E-state index contributed by atoms with van der Waals surface area (Å²) < 4.78 is 28.7. The Morgan fingerprint density at radius 2 is 1.73 bits per heavy atom. The van der Waals surface area contributed by atoms with E-state index in [0.717, 1.165) is 11.3 Å². The largest absolute Gasteiger partial charge is 0.395 e. The van der Waals surface area contributed by atoms with Gasteiger partial charge in [-0.1, -0.05) is 6.07 Å². The number of aromatic nitrogens is 1. The van der Waals surface area contributed by atoms with Crippen molar-refractivity contribution in [2.75, 3.05) is 17.2 Å². The molecule has 0 fully saturated rings. The molecule has 1 aromatic heterocycles. The van der Waals surface area contributed by atoms with Gasteiger partial charge in [-0.25, -0.2) is 18.1 Å². The summed E-state index contributed by atoms with van der Waals surface area (Å²) in [6, 6.07) is 11.8. The Balaban J connectivity index is 0.00000481. The number of nitrogens with one attached hydrogen (secondary N) is 4. The molecule has 1 amide bonds. The third-order valence-corrected chi connectivity index (χ3v) is 7.73. The molecule has 0 spiro atoms. The predicted octanol–water partition coefficient (Wildman–Crippen LogP) is 3.90. The second kappa shape index (κ2) is 13.3. The summed E-state index contributed by atoms with van der Waals surface area (Å²) in [4.78, 5) is 16.6. The van der Waals surface area contributed by atoms with E-state index in [4.69, 9.17) is 12.2 Å². The van der Waals surface area contributed by atoms with Crippen molar-refractivity contribution in [3.8, 4) is 21.0 Å². The fourth-order valence-electron chi connectivity index (χ4n) is 3.25. The molecule has 1 atom stereocenters. The Hall–Kier alpha value is -2.55. The van der Waals surface area contributed by atoms with E-state index in [1.54, 1.807) is 25.3 Å². The first-order chi connectivity index (χ1) is 17.0. The number of sulfonamides is 1. The van der Waals surface area contributed by atoms with E-state index in [1.165, 1.54) is 24.3 Å². The van der Waals surface area contributed by atoms with Crippen molar-refractivity contribution in [3.63, 3.8) is 0 Å². The van der Waals surface area contributed by atoms with Crippen LogP contribution in [0.15, 0.2) is 53.6 Å². The monoisotopic (exact) mass is 581 g/mol. The highest BCUT2D eigenvalue weighted by molar-refractivity contribution is 7.89. The van der Waals surface area contributed by atoms with Gasteiger partial charge in [0.05, 0.1) is 16.4 Å². The van der Waals surface area contributed by atoms with Gasteiger partial charge in [0, 0.05) is 47.7 Å². The third kappa shape index (κ3) is 8.48. The van der Waals surface area contributed by atoms with Crippen LogP contribution in [0.2, 0.25) is 0 Å². The second-order valence-electron chi connectivity index (χ2n) is 8.46. The summed E-state index contributed by atoms with van der Waals surface area (Å²) >= 11 is 6.62. The summed E-state index contributed by atoms with van der Waals surface area (Å²) in [5.41, 5.74) is 2.49. The number of nitrogens with zero attached hydrogens (tertiary/aromatic N) is 1. The molecule has 2 aromatic carbocycles. The van der Waals surface area contributed by atoms with E-state index in [0.29, 0.717) is 26.2 Å². The summed E-state index contributed by atoms with van der Waals surface area (Å²) in [5, 5.41) is 19.4. The number of thiazole rings is 1. The van der Waals surface area contributed by atoms with Gasteiger partial charge in [0.1, 0.15) is 5.01 Å². The molecule has 0 saturated carbocycles. The van der Waals surface area contributed by atoms with Crippen LogP contribution in [0.1, 0.15) is 27.7 Å². The lowest BCUT2D eigenvalue weighted by atomic mass is 10.2. The molecule has 1 heterocycles. The molecule has 9 nitrogen and oxygen atoms in total. The van der Waals surface area contributed by atoms with Crippen LogP contribution in [-0.2, 0) is 14.8 Å². The standard InChI is InChI=1S/C24H29N5O4S3.H2S/c1-14(2)26-24(34)28-18-7-5-17(6-8-18)23-25-12-21(35-23)20-10-9-19(27-16(4)31)11-22(20)36(32,33)29-15(3)13-30;/h5-12,14-15,29-30H,13H2,1-4H3,(H,27,31)(H2,26,28,34);1H2/t15-;/m0./s1. The number of hydrogen-bond acceptors (Lipinski definition) is 7. The summed E-state index contributed by atoms with van der Waals surface area (Å²) in [6.07, 6.45) is 1.62. The fourth-order valence-corrected chi connectivity index (χ4v) is 6.11. The normalized spacial score (nSPS) is 11.9. The number of hydrogen-bond donors (Lipinski definition) is 5. The van der Waals surface area contributed by atoms with Crippen molar-refractivity contribution in [1.82, 2.24) is 15.0 Å². The van der Waals surface area contributed by atoms with E-state index >= 15 is 0 Å². The molecule has 5 N–H and O–H groups in total. The average molecular weight is 582 g/mol. The van der Waals surface area contributed by atoms with Gasteiger partial charge < -0.3 is 21.1 Å². The van der Waals surface area contributed by atoms with Crippen LogP contribution < -0.4 is 20.7 Å². The van der Waals surface area contributed by atoms with E-state index in [2.05, 4.69) is 25.7 Å². The van der Waals surface area contributed by atoms with Crippen LogP contribution in [0, 0.1) is 0 Å². The number of carbonyl (C=O) groups excluding carboxylic acids is 1. The molecule has 200 valence electrons. The van der Waals surface area contributed by atoms with Crippen molar-refractivity contribution < 1.29 is 18.3 Å². The van der Waals surface area contributed by atoms with Crippen LogP contribution in [0.4, 0.5) is 11.4 Å². The Bertz CT molecular complexity index is 1340. The molecule has 0 saturated heterocycles. The minimum absolute atomic E-state index is 0. The fraction of sp³-hybridized carbons (Fsp3) is 0.292. The van der Waals surface area contributed by atoms with E-state index in [9.17, 15) is 18.3 Å². The summed E-state index contributed by atoms with van der Waals surface area (Å²) in [5.74, 6) is -0.318. The molecule has 37 heavy (non-hydrogen) atoms. The quantitative estimate of drug-likeness (QED) is 0.241. The Morgan fingerprint density at radius 1 is 1.08 bits per heavy atom. The Labute approximate surface area is 233 Å². The van der Waals surface area contributed by atoms with Crippen molar-refractivity contribution in [3.05, 3.63) is 48.7 Å². The predicted molar refractivity (Wildman–Crippen MR) is 159 cm³/mol. The zero-order chi connectivity index (χ0) is 26.5. The van der Waals surface area contributed by atoms with Gasteiger partial charge in [0.2, 0.25) is 15.9 Å². The minimum atomic E-state index is -4.00. The van der Waals surface area contributed by atoms with Crippen molar-refractivity contribution in [2.45, 2.75) is 44.7 Å². The lowest BCUT2D eigenvalue weighted by Gasteiger charge is -2.15. The molecule has 13 heteroatoms. The molecule has 0 unspecified atom stereocenters. The highest BCUT2D eigenvalue weighted by atomic mass is 32.2. The Morgan fingerprint density at radius 3 is 2.32 bits per heavy atom. The Kier molecular flexibility index (Phi) is 11.0. The number of aliphatic hydroxyl groups is 1. The zero-order valence-electron chi connectivity index (χ0n) is 20.8. The van der Waals surface area contributed by atoms with E-state index < -0.39 is 16.1 Å². The van der Waals surface area contributed by atoms with Crippen molar-refractivity contribution >= 4 is 69.5 Å². The van der Waals surface area contributed by atoms with Crippen LogP contribution in [0.3, 0.4) is 0 Å². The maximum Gasteiger partial charge on any atom is 0.241 e. The van der Waals surface area contributed by atoms with Gasteiger partial charge in [0.15, 0.2) is 5.11 Å². The zero-order valence-corrected chi connectivity index (χ0v) is 24.3. The van der Waals surface area contributed by atoms with Crippen LogP contribution >= 0.6 is 37.1 Å². The maximum atomic E-state index is 13.1. The molecule has 0 aliphatic heterocycles. The molecule has 0 aliphatic rings. The van der Waals surface area contributed by atoms with Gasteiger partial charge in [-0.05, 0) is 69.4 Å². The lowest BCUT2D eigenvalue weighted by molar-refractivity contribution is -0.114. The van der Waals surface area contributed by atoms with Gasteiger partial charge >= 0.3 is 0 Å². The van der Waals surface area contributed by atoms with Gasteiger partial charge in [-0.2, -0.15) is 13.5 Å². The van der Waals surface area contributed by atoms with Gasteiger partial charge in [-0.3, -0.25) is 4.79 Å². The molecule has 0 bridgehead atoms. The molecular formula is C24H31N5O4S4. The topological polar surface area (TPSA) is 132 Å². The lowest BCUT2D eigenvalue weighted by Crippen LogP contribution is -2.35. The first kappa shape index (κ1) is 30.7. The molecule has 3 aromatic rings. The number of amides is 1. The van der Waals surface area contributed by atoms with Crippen molar-refractivity contribution in [1.29, 1.82) is 0 Å². The average Bonchev–Trinajstić information content (AvgIpc) is 3.28. The van der Waals surface area contributed by atoms with Gasteiger partial charge in [0.25, 0.3) is 0 Å². The second-order valence-corrected chi connectivity index (χ2v) is 11.6. The maximum absolute atomic E-state index is 13.1. The first-order valence-electron chi connectivity index (χ1n) is 11.2. The highest BCUT2D eigenvalue weighted by Crippen LogP contribution is 2.37. The first-order valence-corrected chi connectivity index (χ1v) is 13.9. The van der Waals surface area contributed by atoms with E-state index in [1.807, 2.05) is 38.1 Å². The van der Waals surface area contributed by atoms with Gasteiger partial charge in [-0.15, -0.1) is 11.3 Å². The number of aliphatic hydroxyl groups excluding tert-OH is 1. The molecule has 0 radical (unpaired) electrons. The van der Waals surface area contributed by atoms with Crippen LogP contribution in [-0.4, -0.2) is 48.2 Å². The SMILES string of the molecule is CC(=O)Nc1ccc(-c2cnc(-c3ccc(NC(=S)NC(C)C)cc3)s2)c(S(=O)(=O)N[C@@H](C)CO)c1.S. The molecule has 3 rings (SSSR count). The van der Waals surface area contributed by atoms with E-state index in [-0.39, 0.29) is 36.9 Å². The highest BCUT2D eigenvalue weighted by Gasteiger charge is 2.23. The minimum Gasteiger partial charge on any atom is -0.395 e. The number of anilines is 2. The number of thiocarbonyl (C=S) groups is 1. The van der Waals surface area contributed by atoms with Crippen molar-refractivity contribution in [2.24, 2.45) is 0 Å². The molecule has 0 aliphatic carbocycles. The van der Waals surface area contributed by atoms with Crippen LogP contribution in [0.25, 0.3) is 21.0 Å². The van der Waals surface area contributed by atoms with Crippen LogP contribution in [0.5, 0.6) is 0 Å². The summed E-state index contributed by atoms with van der Waals surface area (Å²) in [7, 11) is -4.00. The number of benzene rings is 2. The number of rotatable bonds is 9.